The summed E-state index contributed by atoms with van der Waals surface area (Å²) >= 11 is 0. The summed E-state index contributed by atoms with van der Waals surface area (Å²) in [4.78, 5) is 12.1. The molecule has 1 nitrogen and oxygen atoms in total. The van der Waals surface area contributed by atoms with Crippen molar-refractivity contribution in [3.05, 3.63) is 57.7 Å². The van der Waals surface area contributed by atoms with Crippen molar-refractivity contribution in [3.63, 3.8) is 0 Å². The van der Waals surface area contributed by atoms with Gasteiger partial charge in [-0.15, -0.1) is 0 Å². The smallest absolute Gasteiger partial charge is 0.289 e. The van der Waals surface area contributed by atoms with Gasteiger partial charge in [-0.3, -0.25) is 4.79 Å². The summed E-state index contributed by atoms with van der Waals surface area (Å²) in [5.41, 5.74) is -11.1. The lowest BCUT2D eigenvalue weighted by molar-refractivity contribution is -0.138. The average molecular weight is 384 g/mol. The van der Waals surface area contributed by atoms with E-state index in [4.69, 9.17) is 0 Å². The van der Waals surface area contributed by atoms with Crippen LogP contribution in [-0.2, 0) is 4.79 Å². The number of ketones is 1. The number of allylic oxidation sites excluding steroid dienone is 5. The van der Waals surface area contributed by atoms with Crippen LogP contribution < -0.4 is 0 Å². The first-order valence-corrected chi connectivity index (χ1v) is 6.81. The van der Waals surface area contributed by atoms with Crippen molar-refractivity contribution in [2.75, 3.05) is 0 Å². The average Bonchev–Trinajstić information content (AvgIpc) is 2.83. The number of hydrogen-bond donors (Lipinski definition) is 0. The molecule has 0 N–H and O–H groups in total. The minimum absolute atomic E-state index is 0.0717. The summed E-state index contributed by atoms with van der Waals surface area (Å²) in [7, 11) is 0. The van der Waals surface area contributed by atoms with Gasteiger partial charge in [0.2, 0.25) is 0 Å². The van der Waals surface area contributed by atoms with Crippen molar-refractivity contribution in [2.24, 2.45) is 0 Å². The van der Waals surface area contributed by atoms with E-state index in [0.29, 0.717) is 0 Å². The van der Waals surface area contributed by atoms with Crippen LogP contribution in [0.15, 0.2) is 46.6 Å². The van der Waals surface area contributed by atoms with Crippen molar-refractivity contribution in [1.29, 1.82) is 0 Å². The van der Waals surface area contributed by atoms with Crippen LogP contribution in [0.5, 0.6) is 0 Å². The number of benzene rings is 1. The molecule has 0 saturated carbocycles. The van der Waals surface area contributed by atoms with E-state index in [-0.39, 0.29) is 11.1 Å². The maximum absolute atomic E-state index is 13.4. The lowest BCUT2D eigenvalue weighted by Crippen LogP contribution is -2.36. The highest BCUT2D eigenvalue weighted by molar-refractivity contribution is 6.27. The second-order valence-corrected chi connectivity index (χ2v) is 5.47. The Morgan fingerprint density at radius 2 is 1.15 bits per heavy atom. The van der Waals surface area contributed by atoms with Gasteiger partial charge in [-0.1, -0.05) is 24.3 Å². The van der Waals surface area contributed by atoms with Crippen LogP contribution in [0.2, 0.25) is 0 Å². The molecule has 10 heteroatoms. The Morgan fingerprint density at radius 1 is 0.654 bits per heavy atom. The standard InChI is InChI=1S/C16H5F9O/c17-14(18,19)10-9-7-4-2-1-3-6(7)5-8(9)13(26)12(16(23,24)25)11(10)15(20,21)22/h1-5H. The Bertz CT molecular complexity index is 905. The lowest BCUT2D eigenvalue weighted by atomic mass is 9.80. The maximum Gasteiger partial charge on any atom is 0.420 e. The summed E-state index contributed by atoms with van der Waals surface area (Å²) in [6.45, 7) is 0. The Balaban J connectivity index is 2.52. The van der Waals surface area contributed by atoms with Gasteiger partial charge < -0.3 is 0 Å². The van der Waals surface area contributed by atoms with E-state index in [2.05, 4.69) is 0 Å². The SMILES string of the molecule is O=C1C2=Cc3ccccc3C2=C(C(F)(F)F)C(C(F)(F)F)=C1C(F)(F)F. The van der Waals surface area contributed by atoms with Crippen LogP contribution in [0, 0.1) is 0 Å². The van der Waals surface area contributed by atoms with Gasteiger partial charge in [0.15, 0.2) is 5.78 Å². The van der Waals surface area contributed by atoms with Crippen molar-refractivity contribution < 1.29 is 44.3 Å². The lowest BCUT2D eigenvalue weighted by Gasteiger charge is -2.29. The molecule has 1 aromatic carbocycles. The normalized spacial score (nSPS) is 18.2. The van der Waals surface area contributed by atoms with Gasteiger partial charge in [-0.25, -0.2) is 0 Å². The van der Waals surface area contributed by atoms with Crippen molar-refractivity contribution in [1.82, 2.24) is 0 Å². The van der Waals surface area contributed by atoms with Gasteiger partial charge in [0.1, 0.15) is 5.57 Å². The van der Waals surface area contributed by atoms with Crippen molar-refractivity contribution in [2.45, 2.75) is 18.5 Å². The number of halogens is 9. The number of hydrogen-bond acceptors (Lipinski definition) is 1. The fourth-order valence-corrected chi connectivity index (χ4v) is 3.01. The molecular formula is C16H5F9O. The number of carbonyl (C=O) groups is 1. The Morgan fingerprint density at radius 3 is 1.65 bits per heavy atom. The third-order valence-electron chi connectivity index (χ3n) is 3.87. The molecule has 0 atom stereocenters. The summed E-state index contributed by atoms with van der Waals surface area (Å²) in [6.07, 6.45) is -17.0. The number of alkyl halides is 9. The second-order valence-electron chi connectivity index (χ2n) is 5.47. The predicted molar refractivity (Wildman–Crippen MR) is 71.5 cm³/mol. The molecular weight excluding hydrogens is 379 g/mol. The molecule has 2 aliphatic rings. The molecule has 0 saturated heterocycles. The van der Waals surface area contributed by atoms with E-state index in [0.717, 1.165) is 12.1 Å². The third kappa shape index (κ3) is 2.63. The summed E-state index contributed by atoms with van der Waals surface area (Å²) in [6, 6.07) is 4.74. The van der Waals surface area contributed by atoms with Crippen LogP contribution in [-0.4, -0.2) is 24.3 Å². The van der Waals surface area contributed by atoms with Gasteiger partial charge in [0.25, 0.3) is 0 Å². The minimum atomic E-state index is -6.04. The number of rotatable bonds is 0. The number of fused-ring (bicyclic) bond motifs is 3. The van der Waals surface area contributed by atoms with E-state index < -0.39 is 52.2 Å². The first-order chi connectivity index (χ1) is 11.7. The highest BCUT2D eigenvalue weighted by atomic mass is 19.4. The van der Waals surface area contributed by atoms with Crippen LogP contribution in [0.3, 0.4) is 0 Å². The molecule has 0 amide bonds. The molecule has 0 aliphatic heterocycles. The molecule has 2 aliphatic carbocycles. The van der Waals surface area contributed by atoms with Gasteiger partial charge >= 0.3 is 18.5 Å². The number of carbonyl (C=O) groups excluding carboxylic acids is 1. The van der Waals surface area contributed by atoms with E-state index in [1.54, 1.807) is 0 Å². The highest BCUT2D eigenvalue weighted by Crippen LogP contribution is 2.55. The molecule has 0 bridgehead atoms. The molecule has 26 heavy (non-hydrogen) atoms. The predicted octanol–water partition coefficient (Wildman–Crippen LogP) is 5.40. The molecule has 0 unspecified atom stereocenters. The van der Waals surface area contributed by atoms with Gasteiger partial charge in [-0.2, -0.15) is 39.5 Å². The topological polar surface area (TPSA) is 17.1 Å². The molecule has 0 radical (unpaired) electrons. The monoisotopic (exact) mass is 384 g/mol. The molecule has 1 aromatic rings. The molecule has 3 rings (SSSR count). The second kappa shape index (κ2) is 5.24. The molecule has 0 aromatic heterocycles. The zero-order valence-electron chi connectivity index (χ0n) is 12.2. The molecule has 0 fully saturated rings. The van der Waals surface area contributed by atoms with E-state index in [1.807, 2.05) is 0 Å². The summed E-state index contributed by atoms with van der Waals surface area (Å²) < 4.78 is 119. The fraction of sp³-hybridized carbons (Fsp3) is 0.188. The minimum Gasteiger partial charge on any atom is -0.289 e. The fourth-order valence-electron chi connectivity index (χ4n) is 3.01. The molecule has 138 valence electrons. The van der Waals surface area contributed by atoms with Crippen LogP contribution in [0.1, 0.15) is 11.1 Å². The summed E-state index contributed by atoms with van der Waals surface area (Å²) in [5.74, 6) is -2.14. The van der Waals surface area contributed by atoms with Crippen LogP contribution >= 0.6 is 0 Å². The quantitative estimate of drug-likeness (QED) is 0.548. The van der Waals surface area contributed by atoms with Gasteiger partial charge in [0.05, 0.1) is 11.1 Å². The Labute approximate surface area is 139 Å². The van der Waals surface area contributed by atoms with Crippen LogP contribution in [0.25, 0.3) is 11.6 Å². The molecule has 0 spiro atoms. The maximum atomic E-state index is 13.4. The van der Waals surface area contributed by atoms with E-state index >= 15 is 0 Å². The van der Waals surface area contributed by atoms with Crippen molar-refractivity contribution in [3.8, 4) is 0 Å². The van der Waals surface area contributed by atoms with Crippen LogP contribution in [0.4, 0.5) is 39.5 Å². The molecule has 0 heterocycles. The van der Waals surface area contributed by atoms with Gasteiger partial charge in [0, 0.05) is 11.1 Å². The summed E-state index contributed by atoms with van der Waals surface area (Å²) in [5, 5.41) is 0. The number of Topliss-reactive ketones (excluding diaryl/α,β-unsaturated/α-hetero) is 1. The highest BCUT2D eigenvalue weighted by Gasteiger charge is 2.59. The van der Waals surface area contributed by atoms with Crippen molar-refractivity contribution >= 4 is 17.4 Å². The van der Waals surface area contributed by atoms with E-state index in [9.17, 15) is 44.3 Å². The van der Waals surface area contributed by atoms with Gasteiger partial charge in [-0.05, 0) is 17.2 Å². The zero-order valence-corrected chi connectivity index (χ0v) is 12.2. The zero-order chi connectivity index (χ0) is 19.7. The third-order valence-corrected chi connectivity index (χ3v) is 3.87. The first kappa shape index (κ1) is 18.3. The largest absolute Gasteiger partial charge is 0.420 e. The van der Waals surface area contributed by atoms with E-state index in [1.165, 1.54) is 18.2 Å². The Kier molecular flexibility index (Phi) is 3.69. The Hall–Kier alpha value is -2.52. The first-order valence-electron chi connectivity index (χ1n) is 6.81.